The largest absolute Gasteiger partial charge is 0.345 e. The van der Waals surface area contributed by atoms with Crippen LogP contribution in [0, 0.1) is 13.8 Å². The number of aromatic nitrogens is 1. The van der Waals surface area contributed by atoms with E-state index in [-0.39, 0.29) is 12.1 Å². The number of nitrogens with one attached hydrogen (secondary N) is 1. The van der Waals surface area contributed by atoms with Crippen LogP contribution in [-0.4, -0.2) is 21.5 Å². The van der Waals surface area contributed by atoms with Crippen molar-refractivity contribution in [3.63, 3.8) is 0 Å². The molecule has 1 heterocycles. The monoisotopic (exact) mass is 423 g/mol. The number of carbonyl (C=O) groups is 1. The lowest BCUT2D eigenvalue weighted by Crippen LogP contribution is -2.41. The molecule has 2 aromatic carbocycles. The Hall–Kier alpha value is -2.72. The molecular weight excluding hydrogens is 394 g/mol. The summed E-state index contributed by atoms with van der Waals surface area (Å²) in [7, 11) is 0. The summed E-state index contributed by atoms with van der Waals surface area (Å²) >= 11 is 6.35. The van der Waals surface area contributed by atoms with E-state index < -0.39 is 0 Å². The highest BCUT2D eigenvalue weighted by atomic mass is 35.5. The molecule has 0 radical (unpaired) electrons. The Morgan fingerprint density at radius 3 is 2.60 bits per heavy atom. The van der Waals surface area contributed by atoms with Crippen LogP contribution in [0.4, 0.5) is 10.5 Å². The van der Waals surface area contributed by atoms with Crippen molar-refractivity contribution in [1.29, 1.82) is 0 Å². The SMILES string of the molecule is CC[C@H](C)N(Cc1cccn1Cc1ccccc1Cl)C(=O)Nc1cccc(C)c1C. The zero-order chi connectivity index (χ0) is 21.7. The van der Waals surface area contributed by atoms with Crippen LogP contribution in [-0.2, 0) is 13.1 Å². The number of urea groups is 1. The highest BCUT2D eigenvalue weighted by Crippen LogP contribution is 2.21. The summed E-state index contributed by atoms with van der Waals surface area (Å²) in [5.74, 6) is 0. The number of carbonyl (C=O) groups excluding carboxylic acids is 1. The molecule has 3 rings (SSSR count). The molecule has 1 atom stereocenters. The molecule has 0 aliphatic rings. The molecule has 0 fully saturated rings. The number of aryl methyl sites for hydroxylation is 1. The van der Waals surface area contributed by atoms with E-state index in [4.69, 9.17) is 11.6 Å². The molecule has 1 N–H and O–H groups in total. The van der Waals surface area contributed by atoms with Gasteiger partial charge in [-0.1, -0.05) is 48.9 Å². The highest BCUT2D eigenvalue weighted by molar-refractivity contribution is 6.31. The fourth-order valence-electron chi connectivity index (χ4n) is 3.45. The summed E-state index contributed by atoms with van der Waals surface area (Å²) < 4.78 is 2.15. The number of hydrogen-bond acceptors (Lipinski definition) is 1. The molecule has 0 spiro atoms. The molecule has 158 valence electrons. The Labute approximate surface area is 184 Å². The summed E-state index contributed by atoms with van der Waals surface area (Å²) in [6.45, 7) is 9.49. The molecular formula is C25H30ClN3O. The summed E-state index contributed by atoms with van der Waals surface area (Å²) in [5, 5.41) is 3.87. The van der Waals surface area contributed by atoms with Gasteiger partial charge in [0.15, 0.2) is 0 Å². The molecule has 0 bridgehead atoms. The summed E-state index contributed by atoms with van der Waals surface area (Å²) in [5.41, 5.74) is 5.26. The zero-order valence-corrected chi connectivity index (χ0v) is 18.9. The van der Waals surface area contributed by atoms with Gasteiger partial charge in [0, 0.05) is 35.2 Å². The summed E-state index contributed by atoms with van der Waals surface area (Å²) in [6.07, 6.45) is 2.92. The van der Waals surface area contributed by atoms with Crippen LogP contribution >= 0.6 is 11.6 Å². The van der Waals surface area contributed by atoms with E-state index in [0.29, 0.717) is 13.1 Å². The second-order valence-corrected chi connectivity index (χ2v) is 8.19. The van der Waals surface area contributed by atoms with Crippen LogP contribution in [0.3, 0.4) is 0 Å². The molecule has 0 aliphatic heterocycles. The van der Waals surface area contributed by atoms with Gasteiger partial charge in [0.05, 0.1) is 6.54 Å². The highest BCUT2D eigenvalue weighted by Gasteiger charge is 2.21. The van der Waals surface area contributed by atoms with Gasteiger partial charge in [0.2, 0.25) is 0 Å². The van der Waals surface area contributed by atoms with E-state index in [0.717, 1.165) is 39.5 Å². The number of amides is 2. The molecule has 3 aromatic rings. The van der Waals surface area contributed by atoms with Gasteiger partial charge < -0.3 is 14.8 Å². The van der Waals surface area contributed by atoms with Gasteiger partial charge >= 0.3 is 6.03 Å². The van der Waals surface area contributed by atoms with Crippen LogP contribution in [0.2, 0.25) is 5.02 Å². The van der Waals surface area contributed by atoms with Gasteiger partial charge in [0.25, 0.3) is 0 Å². The van der Waals surface area contributed by atoms with Crippen molar-refractivity contribution in [2.24, 2.45) is 0 Å². The number of benzene rings is 2. The number of nitrogens with zero attached hydrogens (tertiary/aromatic N) is 2. The van der Waals surface area contributed by atoms with Crippen molar-refractivity contribution in [3.8, 4) is 0 Å². The Balaban J connectivity index is 1.81. The van der Waals surface area contributed by atoms with Gasteiger partial charge in [0.1, 0.15) is 0 Å². The maximum absolute atomic E-state index is 13.2. The van der Waals surface area contributed by atoms with Gasteiger partial charge in [-0.2, -0.15) is 0 Å². The third kappa shape index (κ3) is 5.06. The van der Waals surface area contributed by atoms with Gasteiger partial charge in [-0.05, 0) is 68.1 Å². The first kappa shape index (κ1) is 22.0. The van der Waals surface area contributed by atoms with Crippen molar-refractivity contribution < 1.29 is 4.79 Å². The first-order chi connectivity index (χ1) is 14.4. The molecule has 2 amide bonds. The number of anilines is 1. The second kappa shape index (κ2) is 9.86. The first-order valence-corrected chi connectivity index (χ1v) is 10.8. The smallest absolute Gasteiger partial charge is 0.322 e. The van der Waals surface area contributed by atoms with Crippen LogP contribution in [0.15, 0.2) is 60.8 Å². The maximum Gasteiger partial charge on any atom is 0.322 e. The van der Waals surface area contributed by atoms with Gasteiger partial charge in [-0.15, -0.1) is 0 Å². The standard InChI is InChI=1S/C25H30ClN3O/c1-5-19(3)29(25(30)27-24-14-8-10-18(2)20(24)4)17-22-12-9-15-28(22)16-21-11-6-7-13-23(21)26/h6-15,19H,5,16-17H2,1-4H3,(H,27,30)/t19-/m0/s1. The third-order valence-corrected chi connectivity index (χ3v) is 6.15. The van der Waals surface area contributed by atoms with Crippen molar-refractivity contribution in [3.05, 3.63) is 88.2 Å². The molecule has 0 saturated heterocycles. The van der Waals surface area contributed by atoms with Crippen molar-refractivity contribution in [2.45, 2.75) is 53.2 Å². The lowest BCUT2D eigenvalue weighted by Gasteiger charge is -2.29. The lowest BCUT2D eigenvalue weighted by atomic mass is 10.1. The molecule has 0 unspecified atom stereocenters. The molecule has 30 heavy (non-hydrogen) atoms. The van der Waals surface area contributed by atoms with Crippen LogP contribution in [0.1, 0.15) is 42.7 Å². The topological polar surface area (TPSA) is 37.3 Å². The van der Waals surface area contributed by atoms with Crippen molar-refractivity contribution >= 4 is 23.3 Å². The maximum atomic E-state index is 13.2. The normalized spacial score (nSPS) is 11.9. The Morgan fingerprint density at radius 2 is 1.87 bits per heavy atom. The van der Waals surface area contributed by atoms with E-state index in [1.165, 1.54) is 0 Å². The first-order valence-electron chi connectivity index (χ1n) is 10.4. The average molecular weight is 424 g/mol. The number of hydrogen-bond donors (Lipinski definition) is 1. The van der Waals surface area contributed by atoms with Crippen molar-refractivity contribution in [1.82, 2.24) is 9.47 Å². The fraction of sp³-hybridized carbons (Fsp3) is 0.320. The van der Waals surface area contributed by atoms with E-state index in [1.807, 2.05) is 60.5 Å². The predicted octanol–water partition coefficient (Wildman–Crippen LogP) is 6.64. The van der Waals surface area contributed by atoms with Gasteiger partial charge in [-0.25, -0.2) is 4.79 Å². The second-order valence-electron chi connectivity index (χ2n) is 7.78. The minimum atomic E-state index is -0.0801. The van der Waals surface area contributed by atoms with E-state index in [1.54, 1.807) is 0 Å². The quantitative estimate of drug-likeness (QED) is 0.454. The van der Waals surface area contributed by atoms with Crippen LogP contribution in [0.5, 0.6) is 0 Å². The van der Waals surface area contributed by atoms with Crippen LogP contribution < -0.4 is 5.32 Å². The minimum absolute atomic E-state index is 0.0801. The van der Waals surface area contributed by atoms with Gasteiger partial charge in [-0.3, -0.25) is 0 Å². The minimum Gasteiger partial charge on any atom is -0.345 e. The summed E-state index contributed by atoms with van der Waals surface area (Å²) in [4.78, 5) is 15.1. The third-order valence-electron chi connectivity index (χ3n) is 5.78. The number of halogens is 1. The van der Waals surface area contributed by atoms with E-state index in [2.05, 4.69) is 42.8 Å². The Bertz CT molecular complexity index is 1010. The predicted molar refractivity (Wildman–Crippen MR) is 125 cm³/mol. The van der Waals surface area contributed by atoms with Crippen LogP contribution in [0.25, 0.3) is 0 Å². The molecule has 1 aromatic heterocycles. The molecule has 0 saturated carbocycles. The molecule has 0 aliphatic carbocycles. The van der Waals surface area contributed by atoms with E-state index >= 15 is 0 Å². The lowest BCUT2D eigenvalue weighted by molar-refractivity contribution is 0.185. The zero-order valence-electron chi connectivity index (χ0n) is 18.2. The fourth-order valence-corrected chi connectivity index (χ4v) is 3.65. The number of rotatable bonds is 7. The molecule has 5 heteroatoms. The molecule has 4 nitrogen and oxygen atoms in total. The van der Waals surface area contributed by atoms with E-state index in [9.17, 15) is 4.79 Å². The average Bonchev–Trinajstić information content (AvgIpc) is 3.17. The Kier molecular flexibility index (Phi) is 7.22. The summed E-state index contributed by atoms with van der Waals surface area (Å²) in [6, 6.07) is 18.0. The van der Waals surface area contributed by atoms with Crippen molar-refractivity contribution in [2.75, 3.05) is 5.32 Å². The Morgan fingerprint density at radius 1 is 1.10 bits per heavy atom.